The fourth-order valence-electron chi connectivity index (χ4n) is 2.95. The third-order valence-electron chi connectivity index (χ3n) is 4.36. The number of nitrogens with zero attached hydrogens (tertiary/aromatic N) is 2. The first kappa shape index (κ1) is 17.4. The van der Waals surface area contributed by atoms with Crippen LogP contribution >= 0.6 is 0 Å². The van der Waals surface area contributed by atoms with Crippen LogP contribution in [0.5, 0.6) is 5.75 Å². The van der Waals surface area contributed by atoms with E-state index in [1.165, 1.54) is 0 Å². The number of pyridine rings is 1. The van der Waals surface area contributed by atoms with E-state index in [-0.39, 0.29) is 11.9 Å². The van der Waals surface area contributed by atoms with Crippen molar-refractivity contribution in [3.63, 3.8) is 0 Å². The van der Waals surface area contributed by atoms with Crippen molar-refractivity contribution in [3.05, 3.63) is 59.9 Å². The highest BCUT2D eigenvalue weighted by atomic mass is 16.5. The van der Waals surface area contributed by atoms with Crippen molar-refractivity contribution < 1.29 is 14.3 Å². The topological polar surface area (TPSA) is 63.7 Å². The molecule has 2 heterocycles. The maximum atomic E-state index is 12.5. The molecule has 1 aromatic carbocycles. The maximum absolute atomic E-state index is 12.5. The summed E-state index contributed by atoms with van der Waals surface area (Å²) in [4.78, 5) is 19.0. The summed E-state index contributed by atoms with van der Waals surface area (Å²) in [5, 5.41) is 3.04. The number of hydrogen-bond donors (Lipinski definition) is 1. The minimum atomic E-state index is -0.0928. The zero-order valence-corrected chi connectivity index (χ0v) is 14.4. The van der Waals surface area contributed by atoms with Crippen LogP contribution in [0.3, 0.4) is 0 Å². The minimum Gasteiger partial charge on any atom is -0.497 e. The van der Waals surface area contributed by atoms with E-state index >= 15 is 0 Å². The average Bonchev–Trinajstić information content (AvgIpc) is 2.70. The number of hydrogen-bond acceptors (Lipinski definition) is 5. The zero-order chi connectivity index (χ0) is 17.5. The van der Waals surface area contributed by atoms with Gasteiger partial charge in [-0.2, -0.15) is 0 Å². The predicted molar refractivity (Wildman–Crippen MR) is 94.7 cm³/mol. The Kier molecular flexibility index (Phi) is 5.98. The number of methoxy groups -OCH3 is 1. The van der Waals surface area contributed by atoms with Gasteiger partial charge in [-0.25, -0.2) is 0 Å². The van der Waals surface area contributed by atoms with Gasteiger partial charge in [0.05, 0.1) is 26.4 Å². The molecule has 0 bridgehead atoms. The Morgan fingerprint density at radius 3 is 2.68 bits per heavy atom. The molecule has 1 aliphatic heterocycles. The van der Waals surface area contributed by atoms with Gasteiger partial charge >= 0.3 is 0 Å². The Labute approximate surface area is 147 Å². The molecule has 1 fully saturated rings. The maximum Gasteiger partial charge on any atom is 0.251 e. The Morgan fingerprint density at radius 2 is 2.04 bits per heavy atom. The molecule has 1 atom stereocenters. The molecule has 6 nitrogen and oxygen atoms in total. The molecule has 0 spiro atoms. The van der Waals surface area contributed by atoms with Gasteiger partial charge in [0.2, 0.25) is 0 Å². The third-order valence-corrected chi connectivity index (χ3v) is 4.36. The van der Waals surface area contributed by atoms with Crippen molar-refractivity contribution in [2.45, 2.75) is 6.04 Å². The predicted octanol–water partition coefficient (Wildman–Crippen LogP) is 1.89. The van der Waals surface area contributed by atoms with Crippen molar-refractivity contribution in [1.29, 1.82) is 0 Å². The SMILES string of the molecule is COc1ccc(C(=O)NC[C@H](c2cccnc2)N2CCOCC2)cc1. The number of carbonyl (C=O) groups excluding carboxylic acids is 1. The summed E-state index contributed by atoms with van der Waals surface area (Å²) in [6.45, 7) is 3.64. The first-order valence-corrected chi connectivity index (χ1v) is 8.42. The van der Waals surface area contributed by atoms with Gasteiger partial charge in [0.15, 0.2) is 0 Å². The number of amides is 1. The van der Waals surface area contributed by atoms with Crippen LogP contribution in [0.4, 0.5) is 0 Å². The van der Waals surface area contributed by atoms with E-state index in [2.05, 4.69) is 15.2 Å². The Balaban J connectivity index is 1.68. The summed E-state index contributed by atoms with van der Waals surface area (Å²) in [5.41, 5.74) is 1.71. The van der Waals surface area contributed by atoms with Gasteiger partial charge in [-0.15, -0.1) is 0 Å². The summed E-state index contributed by atoms with van der Waals surface area (Å²) < 4.78 is 10.6. The molecule has 0 aliphatic carbocycles. The van der Waals surface area contributed by atoms with E-state index in [1.54, 1.807) is 37.6 Å². The molecule has 1 aromatic heterocycles. The Hall–Kier alpha value is -2.44. The van der Waals surface area contributed by atoms with E-state index in [4.69, 9.17) is 9.47 Å². The fourth-order valence-corrected chi connectivity index (χ4v) is 2.95. The van der Waals surface area contributed by atoms with Crippen LogP contribution in [0.25, 0.3) is 0 Å². The number of ether oxygens (including phenoxy) is 2. The lowest BCUT2D eigenvalue weighted by Gasteiger charge is -2.34. The smallest absolute Gasteiger partial charge is 0.251 e. The van der Waals surface area contributed by atoms with E-state index in [9.17, 15) is 4.79 Å². The molecule has 25 heavy (non-hydrogen) atoms. The number of aromatic nitrogens is 1. The van der Waals surface area contributed by atoms with Crippen molar-refractivity contribution in [1.82, 2.24) is 15.2 Å². The van der Waals surface area contributed by atoms with Crippen LogP contribution in [0.15, 0.2) is 48.8 Å². The molecule has 6 heteroatoms. The first-order chi connectivity index (χ1) is 12.3. The first-order valence-electron chi connectivity index (χ1n) is 8.42. The van der Waals surface area contributed by atoms with Crippen LogP contribution < -0.4 is 10.1 Å². The summed E-state index contributed by atoms with van der Waals surface area (Å²) in [6, 6.07) is 11.2. The Bertz CT molecular complexity index is 670. The molecule has 1 aliphatic rings. The van der Waals surface area contributed by atoms with Gasteiger partial charge in [-0.1, -0.05) is 6.07 Å². The van der Waals surface area contributed by atoms with Gasteiger partial charge in [0.1, 0.15) is 5.75 Å². The molecule has 1 saturated heterocycles. The van der Waals surface area contributed by atoms with E-state index in [0.717, 1.165) is 24.4 Å². The van der Waals surface area contributed by atoms with Gasteiger partial charge in [0.25, 0.3) is 5.91 Å². The van der Waals surface area contributed by atoms with Gasteiger partial charge < -0.3 is 14.8 Å². The molecule has 0 radical (unpaired) electrons. The number of carbonyl (C=O) groups is 1. The number of benzene rings is 1. The minimum absolute atomic E-state index is 0.0831. The molecule has 0 saturated carbocycles. The molecule has 3 rings (SSSR count). The molecule has 1 amide bonds. The number of rotatable bonds is 6. The van der Waals surface area contributed by atoms with Crippen LogP contribution in [-0.2, 0) is 4.74 Å². The average molecular weight is 341 g/mol. The second-order valence-corrected chi connectivity index (χ2v) is 5.89. The molecule has 1 N–H and O–H groups in total. The van der Waals surface area contributed by atoms with Gasteiger partial charge in [0, 0.05) is 37.6 Å². The standard InChI is InChI=1S/C19H23N3O3/c1-24-17-6-4-15(5-7-17)19(23)21-14-18(16-3-2-8-20-13-16)22-9-11-25-12-10-22/h2-8,13,18H,9-12,14H2,1H3,(H,21,23)/t18-/m1/s1. The molecular weight excluding hydrogens is 318 g/mol. The summed E-state index contributed by atoms with van der Waals surface area (Å²) >= 11 is 0. The van der Waals surface area contributed by atoms with Crippen LogP contribution in [0, 0.1) is 0 Å². The second-order valence-electron chi connectivity index (χ2n) is 5.89. The van der Waals surface area contributed by atoms with Crippen LogP contribution in [0.2, 0.25) is 0 Å². The van der Waals surface area contributed by atoms with Gasteiger partial charge in [-0.05, 0) is 35.9 Å². The normalized spacial score (nSPS) is 16.2. The van der Waals surface area contributed by atoms with Gasteiger partial charge in [-0.3, -0.25) is 14.7 Å². The van der Waals surface area contributed by atoms with Crippen LogP contribution in [-0.4, -0.2) is 55.7 Å². The van der Waals surface area contributed by atoms with Crippen LogP contribution in [0.1, 0.15) is 22.0 Å². The number of morpholine rings is 1. The van der Waals surface area contributed by atoms with E-state index in [1.807, 2.05) is 18.3 Å². The molecular formula is C19H23N3O3. The molecule has 0 unspecified atom stereocenters. The van der Waals surface area contributed by atoms with Crippen molar-refractivity contribution in [2.24, 2.45) is 0 Å². The fraction of sp³-hybridized carbons (Fsp3) is 0.368. The molecule has 132 valence electrons. The lowest BCUT2D eigenvalue weighted by Crippen LogP contribution is -2.43. The summed E-state index contributed by atoms with van der Waals surface area (Å²) in [6.07, 6.45) is 3.62. The summed E-state index contributed by atoms with van der Waals surface area (Å²) in [7, 11) is 1.61. The second kappa shape index (κ2) is 8.60. The molecule has 2 aromatic rings. The van der Waals surface area contributed by atoms with Crippen molar-refractivity contribution in [2.75, 3.05) is 40.0 Å². The van der Waals surface area contributed by atoms with Crippen molar-refractivity contribution in [3.8, 4) is 5.75 Å². The third kappa shape index (κ3) is 4.55. The lowest BCUT2D eigenvalue weighted by molar-refractivity contribution is 0.0161. The highest BCUT2D eigenvalue weighted by molar-refractivity contribution is 5.94. The monoisotopic (exact) mass is 341 g/mol. The van der Waals surface area contributed by atoms with E-state index in [0.29, 0.717) is 25.3 Å². The quantitative estimate of drug-likeness (QED) is 0.869. The highest BCUT2D eigenvalue weighted by Gasteiger charge is 2.23. The van der Waals surface area contributed by atoms with Crippen molar-refractivity contribution >= 4 is 5.91 Å². The summed E-state index contributed by atoms with van der Waals surface area (Å²) in [5.74, 6) is 0.642. The number of nitrogens with one attached hydrogen (secondary N) is 1. The lowest BCUT2D eigenvalue weighted by atomic mass is 10.1. The zero-order valence-electron chi connectivity index (χ0n) is 14.4. The largest absolute Gasteiger partial charge is 0.497 e. The Morgan fingerprint density at radius 1 is 1.28 bits per heavy atom. The van der Waals surface area contributed by atoms with E-state index < -0.39 is 0 Å². The highest BCUT2D eigenvalue weighted by Crippen LogP contribution is 2.20.